The third-order valence-corrected chi connectivity index (χ3v) is 3.92. The molecule has 2 heteroatoms. The number of benzene rings is 1. The van der Waals surface area contributed by atoms with Crippen LogP contribution in [0, 0.1) is 13.8 Å². The smallest absolute Gasteiger partial charge is 0.0630 e. The second kappa shape index (κ2) is 6.56. The molecule has 1 aromatic heterocycles. The van der Waals surface area contributed by atoms with Crippen LogP contribution in [0.3, 0.4) is 0 Å². The fourth-order valence-electron chi connectivity index (χ4n) is 2.29. The van der Waals surface area contributed by atoms with Gasteiger partial charge in [-0.1, -0.05) is 25.5 Å². The first-order valence-electron chi connectivity index (χ1n) is 7.37. The van der Waals surface area contributed by atoms with Crippen LogP contribution in [-0.4, -0.2) is 10.8 Å². The lowest BCUT2D eigenvalue weighted by atomic mass is 10.1. The van der Waals surface area contributed by atoms with Crippen LogP contribution in [0.15, 0.2) is 35.3 Å². The summed E-state index contributed by atoms with van der Waals surface area (Å²) >= 11 is 0. The van der Waals surface area contributed by atoms with Gasteiger partial charge in [0, 0.05) is 30.2 Å². The number of aliphatic imine (C=N–C) groups is 1. The van der Waals surface area contributed by atoms with Gasteiger partial charge < -0.3 is 4.57 Å². The zero-order valence-electron chi connectivity index (χ0n) is 13.0. The summed E-state index contributed by atoms with van der Waals surface area (Å²) in [6, 6.07) is 10.8. The van der Waals surface area contributed by atoms with E-state index in [1.807, 2.05) is 6.21 Å². The van der Waals surface area contributed by atoms with Gasteiger partial charge in [0.15, 0.2) is 0 Å². The van der Waals surface area contributed by atoms with E-state index in [2.05, 4.69) is 67.7 Å². The summed E-state index contributed by atoms with van der Waals surface area (Å²) in [6.07, 6.45) is 5.62. The third-order valence-electron chi connectivity index (χ3n) is 3.92. The number of hydrogen-bond acceptors (Lipinski definition) is 1. The predicted molar refractivity (Wildman–Crippen MR) is 87.2 cm³/mol. The monoisotopic (exact) mass is 268 g/mol. The Hall–Kier alpha value is -1.83. The fraction of sp³-hybridized carbons (Fsp3) is 0.389. The van der Waals surface area contributed by atoms with Crippen molar-refractivity contribution in [2.24, 2.45) is 12.0 Å². The van der Waals surface area contributed by atoms with E-state index in [4.69, 9.17) is 0 Å². The van der Waals surface area contributed by atoms with E-state index < -0.39 is 0 Å². The van der Waals surface area contributed by atoms with Gasteiger partial charge in [0.25, 0.3) is 0 Å². The zero-order chi connectivity index (χ0) is 14.5. The number of rotatable bonds is 5. The van der Waals surface area contributed by atoms with Crippen molar-refractivity contribution in [1.29, 1.82) is 0 Å². The van der Waals surface area contributed by atoms with Crippen LogP contribution in [0.4, 0.5) is 5.69 Å². The Bertz CT molecular complexity index is 589. The summed E-state index contributed by atoms with van der Waals surface area (Å²) in [5.74, 6) is 0. The highest BCUT2D eigenvalue weighted by Gasteiger charge is 2.03. The van der Waals surface area contributed by atoms with Gasteiger partial charge in [0.1, 0.15) is 0 Å². The van der Waals surface area contributed by atoms with Crippen molar-refractivity contribution in [3.8, 4) is 0 Å². The lowest BCUT2D eigenvalue weighted by Crippen LogP contribution is -1.93. The molecule has 0 atom stereocenters. The van der Waals surface area contributed by atoms with Gasteiger partial charge in [-0.15, -0.1) is 0 Å². The fourth-order valence-corrected chi connectivity index (χ4v) is 2.29. The summed E-state index contributed by atoms with van der Waals surface area (Å²) in [5, 5.41) is 0. The van der Waals surface area contributed by atoms with Crippen molar-refractivity contribution in [3.05, 3.63) is 52.8 Å². The quantitative estimate of drug-likeness (QED) is 0.697. The Morgan fingerprint density at radius 1 is 1.15 bits per heavy atom. The van der Waals surface area contributed by atoms with Crippen molar-refractivity contribution in [2.75, 3.05) is 0 Å². The summed E-state index contributed by atoms with van der Waals surface area (Å²) in [5.41, 5.74) is 6.13. The SMILES string of the molecule is CCCCc1ccc(N=Cc2cc(C)n(C)c2C)cc1. The summed E-state index contributed by atoms with van der Waals surface area (Å²) < 4.78 is 2.19. The van der Waals surface area contributed by atoms with Crippen LogP contribution >= 0.6 is 0 Å². The van der Waals surface area contributed by atoms with Crippen LogP contribution in [0.2, 0.25) is 0 Å². The normalized spacial score (nSPS) is 11.4. The predicted octanol–water partition coefficient (Wildman–Crippen LogP) is 4.74. The van der Waals surface area contributed by atoms with Crippen molar-refractivity contribution in [3.63, 3.8) is 0 Å². The number of nitrogens with zero attached hydrogens (tertiary/aromatic N) is 2. The van der Waals surface area contributed by atoms with Gasteiger partial charge in [-0.05, 0) is 50.5 Å². The Morgan fingerprint density at radius 3 is 2.40 bits per heavy atom. The molecule has 0 aliphatic rings. The molecule has 20 heavy (non-hydrogen) atoms. The molecule has 1 heterocycles. The lowest BCUT2D eigenvalue weighted by Gasteiger charge is -2.00. The molecule has 2 nitrogen and oxygen atoms in total. The highest BCUT2D eigenvalue weighted by Crippen LogP contribution is 2.16. The van der Waals surface area contributed by atoms with Gasteiger partial charge >= 0.3 is 0 Å². The standard InChI is InChI=1S/C18H24N2/c1-5-6-7-16-8-10-18(11-9-16)19-13-17-12-14(2)20(4)15(17)3/h8-13H,5-7H2,1-4H3. The molecular formula is C18H24N2. The summed E-state index contributed by atoms with van der Waals surface area (Å²) in [6.45, 7) is 6.47. The molecule has 0 amide bonds. The van der Waals surface area contributed by atoms with E-state index in [1.165, 1.54) is 35.4 Å². The number of unbranched alkanes of at least 4 members (excludes halogenated alkanes) is 1. The van der Waals surface area contributed by atoms with Crippen molar-refractivity contribution >= 4 is 11.9 Å². The second-order valence-electron chi connectivity index (χ2n) is 5.41. The van der Waals surface area contributed by atoms with Gasteiger partial charge in [-0.25, -0.2) is 0 Å². The molecule has 0 unspecified atom stereocenters. The van der Waals surface area contributed by atoms with Gasteiger partial charge in [0.05, 0.1) is 5.69 Å². The van der Waals surface area contributed by atoms with E-state index in [0.717, 1.165) is 12.1 Å². The molecule has 0 saturated carbocycles. The number of aromatic nitrogens is 1. The average molecular weight is 268 g/mol. The number of hydrogen-bond donors (Lipinski definition) is 0. The summed E-state index contributed by atoms with van der Waals surface area (Å²) in [4.78, 5) is 4.57. The van der Waals surface area contributed by atoms with Crippen LogP contribution < -0.4 is 0 Å². The maximum absolute atomic E-state index is 4.57. The topological polar surface area (TPSA) is 17.3 Å². The molecule has 0 fully saturated rings. The van der Waals surface area contributed by atoms with E-state index >= 15 is 0 Å². The molecule has 0 aliphatic heterocycles. The van der Waals surface area contributed by atoms with Crippen LogP contribution in [0.5, 0.6) is 0 Å². The molecule has 0 bridgehead atoms. The first-order chi connectivity index (χ1) is 9.61. The molecular weight excluding hydrogens is 244 g/mol. The molecule has 0 saturated heterocycles. The minimum atomic E-state index is 1.02. The van der Waals surface area contributed by atoms with Gasteiger partial charge in [-0.3, -0.25) is 4.99 Å². The highest BCUT2D eigenvalue weighted by molar-refractivity contribution is 5.83. The molecule has 2 aromatic rings. The Morgan fingerprint density at radius 2 is 1.85 bits per heavy atom. The Kier molecular flexibility index (Phi) is 4.78. The Labute approximate surface area is 122 Å². The van der Waals surface area contributed by atoms with Crippen LogP contribution in [0.1, 0.15) is 42.3 Å². The minimum absolute atomic E-state index is 1.02. The van der Waals surface area contributed by atoms with Gasteiger partial charge in [0.2, 0.25) is 0 Å². The molecule has 0 N–H and O–H groups in total. The maximum atomic E-state index is 4.57. The van der Waals surface area contributed by atoms with Crippen molar-refractivity contribution in [1.82, 2.24) is 4.57 Å². The summed E-state index contributed by atoms with van der Waals surface area (Å²) in [7, 11) is 2.09. The van der Waals surface area contributed by atoms with Crippen molar-refractivity contribution in [2.45, 2.75) is 40.0 Å². The van der Waals surface area contributed by atoms with Crippen LogP contribution in [0.25, 0.3) is 0 Å². The minimum Gasteiger partial charge on any atom is -0.352 e. The molecule has 0 radical (unpaired) electrons. The van der Waals surface area contributed by atoms with Gasteiger partial charge in [-0.2, -0.15) is 0 Å². The zero-order valence-corrected chi connectivity index (χ0v) is 13.0. The first kappa shape index (κ1) is 14.6. The largest absolute Gasteiger partial charge is 0.352 e. The Balaban J connectivity index is 2.09. The average Bonchev–Trinajstić information content (AvgIpc) is 2.71. The van der Waals surface area contributed by atoms with E-state index in [0.29, 0.717) is 0 Å². The lowest BCUT2D eigenvalue weighted by molar-refractivity contribution is 0.795. The molecule has 1 aromatic carbocycles. The number of aryl methyl sites for hydroxylation is 2. The van der Waals surface area contributed by atoms with E-state index in [1.54, 1.807) is 0 Å². The van der Waals surface area contributed by atoms with E-state index in [-0.39, 0.29) is 0 Å². The molecule has 106 valence electrons. The maximum Gasteiger partial charge on any atom is 0.0630 e. The molecule has 0 aliphatic carbocycles. The third kappa shape index (κ3) is 3.38. The molecule has 2 rings (SSSR count). The first-order valence-corrected chi connectivity index (χ1v) is 7.37. The second-order valence-corrected chi connectivity index (χ2v) is 5.41. The van der Waals surface area contributed by atoms with E-state index in [9.17, 15) is 0 Å². The van der Waals surface area contributed by atoms with Crippen LogP contribution in [-0.2, 0) is 13.5 Å². The highest BCUT2D eigenvalue weighted by atomic mass is 14.9. The molecule has 0 spiro atoms. The van der Waals surface area contributed by atoms with Crippen molar-refractivity contribution < 1.29 is 0 Å².